The number of likely N-dealkylation sites (tertiary alicyclic amines) is 1. The van der Waals surface area contributed by atoms with E-state index < -0.39 is 0 Å². The molecular formula is C7H14N2O2. The molecule has 0 aromatic heterocycles. The van der Waals surface area contributed by atoms with Crippen molar-refractivity contribution in [2.75, 3.05) is 26.2 Å². The van der Waals surface area contributed by atoms with Crippen molar-refractivity contribution in [1.29, 1.82) is 0 Å². The van der Waals surface area contributed by atoms with Crippen molar-refractivity contribution in [3.8, 4) is 0 Å². The number of aliphatic hydroxyl groups excluding tert-OH is 1. The molecule has 11 heavy (non-hydrogen) atoms. The van der Waals surface area contributed by atoms with E-state index in [1.54, 1.807) is 4.90 Å². The third kappa shape index (κ3) is 1.83. The molecule has 0 aliphatic carbocycles. The highest BCUT2D eigenvalue weighted by Crippen LogP contribution is 2.13. The highest BCUT2D eigenvalue weighted by Gasteiger charge is 2.29. The summed E-state index contributed by atoms with van der Waals surface area (Å²) in [7, 11) is 0. The van der Waals surface area contributed by atoms with Gasteiger partial charge in [0.15, 0.2) is 0 Å². The lowest BCUT2D eigenvalue weighted by Gasteiger charge is -2.37. The minimum absolute atomic E-state index is 0.0165. The standard InChI is InChI=1S/C7H14N2O2/c1-2-8-7(11)9-3-6(4-9)5-10/h6,10H,2-5H2,1H3,(H,8,11). The van der Waals surface area contributed by atoms with Crippen LogP contribution in [0, 0.1) is 5.92 Å². The van der Waals surface area contributed by atoms with Crippen molar-refractivity contribution >= 4 is 6.03 Å². The van der Waals surface area contributed by atoms with E-state index in [2.05, 4.69) is 5.32 Å². The molecule has 1 fully saturated rings. The lowest BCUT2D eigenvalue weighted by molar-refractivity contribution is 0.0779. The first-order valence-electron chi connectivity index (χ1n) is 3.91. The van der Waals surface area contributed by atoms with Gasteiger partial charge in [-0.15, -0.1) is 0 Å². The molecule has 1 aliphatic rings. The highest BCUT2D eigenvalue weighted by molar-refractivity contribution is 5.74. The molecule has 1 heterocycles. The van der Waals surface area contributed by atoms with Crippen LogP contribution in [0.2, 0.25) is 0 Å². The summed E-state index contributed by atoms with van der Waals surface area (Å²) in [5.41, 5.74) is 0. The van der Waals surface area contributed by atoms with Crippen LogP contribution in [0.25, 0.3) is 0 Å². The zero-order chi connectivity index (χ0) is 8.27. The third-order valence-corrected chi connectivity index (χ3v) is 1.83. The first-order valence-corrected chi connectivity index (χ1v) is 3.91. The predicted octanol–water partition coefficient (Wildman–Crippen LogP) is -0.360. The topological polar surface area (TPSA) is 52.6 Å². The molecular weight excluding hydrogens is 144 g/mol. The van der Waals surface area contributed by atoms with E-state index in [-0.39, 0.29) is 12.6 Å². The second-order valence-corrected chi connectivity index (χ2v) is 2.79. The number of carbonyl (C=O) groups is 1. The summed E-state index contributed by atoms with van der Waals surface area (Å²) < 4.78 is 0. The lowest BCUT2D eigenvalue weighted by atomic mass is 10.0. The molecule has 0 saturated carbocycles. The number of rotatable bonds is 2. The molecule has 0 aromatic rings. The summed E-state index contributed by atoms with van der Waals surface area (Å²) >= 11 is 0. The molecule has 1 rings (SSSR count). The smallest absolute Gasteiger partial charge is 0.317 e. The molecule has 2 N–H and O–H groups in total. The minimum Gasteiger partial charge on any atom is -0.396 e. The summed E-state index contributed by atoms with van der Waals surface area (Å²) in [5, 5.41) is 11.4. The molecule has 64 valence electrons. The molecule has 0 radical (unpaired) electrons. The number of amides is 2. The van der Waals surface area contributed by atoms with Crippen LogP contribution in [0.4, 0.5) is 4.79 Å². The van der Waals surface area contributed by atoms with Crippen LogP contribution in [0.15, 0.2) is 0 Å². The van der Waals surface area contributed by atoms with Gasteiger partial charge in [0.05, 0.1) is 0 Å². The van der Waals surface area contributed by atoms with Gasteiger partial charge >= 0.3 is 6.03 Å². The Morgan fingerprint density at radius 2 is 2.36 bits per heavy atom. The molecule has 1 saturated heterocycles. The maximum Gasteiger partial charge on any atom is 0.317 e. The van der Waals surface area contributed by atoms with E-state index >= 15 is 0 Å². The average molecular weight is 158 g/mol. The quantitative estimate of drug-likeness (QED) is 0.576. The largest absolute Gasteiger partial charge is 0.396 e. The van der Waals surface area contributed by atoms with Crippen molar-refractivity contribution in [3.05, 3.63) is 0 Å². The van der Waals surface area contributed by atoms with E-state index in [0.717, 1.165) is 0 Å². The van der Waals surface area contributed by atoms with Crippen LogP contribution in [0.5, 0.6) is 0 Å². The Labute approximate surface area is 66.2 Å². The van der Waals surface area contributed by atoms with Crippen molar-refractivity contribution < 1.29 is 9.90 Å². The van der Waals surface area contributed by atoms with Crippen molar-refractivity contribution in [3.63, 3.8) is 0 Å². The van der Waals surface area contributed by atoms with Gasteiger partial charge in [-0.25, -0.2) is 4.79 Å². The Balaban J connectivity index is 2.16. The maximum atomic E-state index is 11.0. The number of nitrogens with zero attached hydrogens (tertiary/aromatic N) is 1. The van der Waals surface area contributed by atoms with Crippen molar-refractivity contribution in [1.82, 2.24) is 10.2 Å². The van der Waals surface area contributed by atoms with Gasteiger partial charge in [0.2, 0.25) is 0 Å². The second-order valence-electron chi connectivity index (χ2n) is 2.79. The monoisotopic (exact) mass is 158 g/mol. The molecule has 0 unspecified atom stereocenters. The van der Waals surface area contributed by atoms with Crippen molar-refractivity contribution in [2.24, 2.45) is 5.92 Å². The van der Waals surface area contributed by atoms with Gasteiger partial charge in [-0.3, -0.25) is 0 Å². The third-order valence-electron chi connectivity index (χ3n) is 1.83. The fourth-order valence-electron chi connectivity index (χ4n) is 1.11. The normalized spacial score (nSPS) is 17.8. The fourth-order valence-corrected chi connectivity index (χ4v) is 1.11. The van der Waals surface area contributed by atoms with Crippen LogP contribution >= 0.6 is 0 Å². The number of carbonyl (C=O) groups excluding carboxylic acids is 1. The first kappa shape index (κ1) is 8.33. The summed E-state index contributed by atoms with van der Waals surface area (Å²) in [4.78, 5) is 12.7. The van der Waals surface area contributed by atoms with Crippen molar-refractivity contribution in [2.45, 2.75) is 6.92 Å². The Morgan fingerprint density at radius 1 is 1.73 bits per heavy atom. The molecule has 0 atom stereocenters. The van der Waals surface area contributed by atoms with Gasteiger partial charge in [-0.2, -0.15) is 0 Å². The molecule has 1 aliphatic heterocycles. The molecule has 4 nitrogen and oxygen atoms in total. The van der Waals surface area contributed by atoms with Crippen LogP contribution in [0.3, 0.4) is 0 Å². The van der Waals surface area contributed by atoms with Crippen LogP contribution < -0.4 is 5.32 Å². The number of urea groups is 1. The zero-order valence-electron chi connectivity index (χ0n) is 6.71. The predicted molar refractivity (Wildman–Crippen MR) is 41.2 cm³/mol. The minimum atomic E-state index is -0.0165. The molecule has 2 amide bonds. The SMILES string of the molecule is CCNC(=O)N1CC(CO)C1. The summed E-state index contributed by atoms with van der Waals surface area (Å²) in [6, 6.07) is -0.0165. The van der Waals surface area contributed by atoms with E-state index in [1.165, 1.54) is 0 Å². The maximum absolute atomic E-state index is 11.0. The lowest BCUT2D eigenvalue weighted by Crippen LogP contribution is -2.54. The van der Waals surface area contributed by atoms with Gasteiger partial charge in [-0.05, 0) is 6.92 Å². The molecule has 4 heteroatoms. The first-order chi connectivity index (χ1) is 5.27. The van der Waals surface area contributed by atoms with E-state index in [4.69, 9.17) is 5.11 Å². The van der Waals surface area contributed by atoms with Crippen LogP contribution in [0.1, 0.15) is 6.92 Å². The molecule has 0 bridgehead atoms. The molecule has 0 spiro atoms. The average Bonchev–Trinajstić information content (AvgIpc) is 1.86. The highest BCUT2D eigenvalue weighted by atomic mass is 16.3. The Bertz CT molecular complexity index is 143. The summed E-state index contributed by atoms with van der Waals surface area (Å²) in [5.74, 6) is 0.303. The number of hydrogen-bond donors (Lipinski definition) is 2. The van der Waals surface area contributed by atoms with Gasteiger partial charge in [0, 0.05) is 32.2 Å². The van der Waals surface area contributed by atoms with Gasteiger partial charge in [-0.1, -0.05) is 0 Å². The number of nitrogens with one attached hydrogen (secondary N) is 1. The van der Waals surface area contributed by atoms with Gasteiger partial charge in [0.1, 0.15) is 0 Å². The van der Waals surface area contributed by atoms with Gasteiger partial charge in [0.25, 0.3) is 0 Å². The Morgan fingerprint density at radius 3 is 2.82 bits per heavy atom. The van der Waals surface area contributed by atoms with E-state index in [0.29, 0.717) is 25.6 Å². The number of hydrogen-bond acceptors (Lipinski definition) is 2. The Hall–Kier alpha value is -0.770. The Kier molecular flexibility index (Phi) is 2.70. The van der Waals surface area contributed by atoms with E-state index in [1.807, 2.05) is 6.92 Å². The van der Waals surface area contributed by atoms with Gasteiger partial charge < -0.3 is 15.3 Å². The fraction of sp³-hybridized carbons (Fsp3) is 0.857. The summed E-state index contributed by atoms with van der Waals surface area (Å²) in [6.07, 6.45) is 0. The van der Waals surface area contributed by atoms with Crippen LogP contribution in [-0.2, 0) is 0 Å². The van der Waals surface area contributed by atoms with E-state index in [9.17, 15) is 4.79 Å². The molecule has 0 aromatic carbocycles. The zero-order valence-corrected chi connectivity index (χ0v) is 6.71. The van der Waals surface area contributed by atoms with Crippen LogP contribution in [-0.4, -0.2) is 42.3 Å². The number of aliphatic hydroxyl groups is 1. The second kappa shape index (κ2) is 3.57. The summed E-state index contributed by atoms with van der Waals surface area (Å²) in [6.45, 7) is 4.14.